The predicted molar refractivity (Wildman–Crippen MR) is 100 cm³/mol. The Balaban J connectivity index is 1.30. The van der Waals surface area contributed by atoms with E-state index in [1.165, 1.54) is 0 Å². The van der Waals surface area contributed by atoms with E-state index in [2.05, 4.69) is 19.2 Å². The zero-order valence-electron chi connectivity index (χ0n) is 13.9. The van der Waals surface area contributed by atoms with Crippen molar-refractivity contribution < 1.29 is 13.7 Å². The van der Waals surface area contributed by atoms with Crippen LogP contribution in [-0.2, 0) is 6.54 Å². The van der Waals surface area contributed by atoms with Crippen LogP contribution in [0.1, 0.15) is 16.1 Å². The molecule has 3 heterocycles. The van der Waals surface area contributed by atoms with Crippen molar-refractivity contribution in [2.75, 3.05) is 0 Å². The van der Waals surface area contributed by atoms with Crippen molar-refractivity contribution in [1.82, 2.24) is 19.2 Å². The molecule has 8 heteroatoms. The van der Waals surface area contributed by atoms with Crippen LogP contribution in [0.25, 0.3) is 33.5 Å². The second kappa shape index (κ2) is 6.33. The maximum Gasteiger partial charge on any atom is 0.251 e. The number of hydrogen-bond donors (Lipinski definition) is 1. The first-order valence-electron chi connectivity index (χ1n) is 8.21. The van der Waals surface area contributed by atoms with Crippen molar-refractivity contribution >= 4 is 39.6 Å². The zero-order valence-corrected chi connectivity index (χ0v) is 14.7. The summed E-state index contributed by atoms with van der Waals surface area (Å²) in [6.45, 7) is 0.246. The summed E-state index contributed by atoms with van der Waals surface area (Å²) in [5.41, 5.74) is 3.40. The van der Waals surface area contributed by atoms with Crippen LogP contribution in [0.3, 0.4) is 0 Å². The number of carbonyl (C=O) groups excluding carboxylic acids is 1. The number of hydrogen-bond acceptors (Lipinski definition) is 7. The number of rotatable bonds is 4. The second-order valence-corrected chi connectivity index (χ2v) is 6.51. The maximum absolute atomic E-state index is 12.3. The van der Waals surface area contributed by atoms with Crippen molar-refractivity contribution in [2.24, 2.45) is 0 Å². The van der Waals surface area contributed by atoms with Crippen LogP contribution in [0.5, 0.6) is 0 Å². The summed E-state index contributed by atoms with van der Waals surface area (Å²) in [6, 6.07) is 16.6. The molecule has 1 N–H and O–H groups in total. The highest BCUT2D eigenvalue weighted by Gasteiger charge is 2.13. The number of benzene rings is 2. The fraction of sp³-hybridized carbons (Fsp3) is 0.0526. The third-order valence-electron chi connectivity index (χ3n) is 4.17. The van der Waals surface area contributed by atoms with Crippen molar-refractivity contribution in [1.29, 1.82) is 0 Å². The van der Waals surface area contributed by atoms with Crippen LogP contribution in [-0.4, -0.2) is 19.8 Å². The SMILES string of the molecule is O=C(NCc1cc(-c2cc3ccccc3o2)on1)c1ccc2nsnc2c1. The first kappa shape index (κ1) is 15.7. The Kier molecular flexibility index (Phi) is 3.68. The van der Waals surface area contributed by atoms with E-state index in [1.807, 2.05) is 30.3 Å². The minimum Gasteiger partial charge on any atom is -0.453 e. The van der Waals surface area contributed by atoms with Gasteiger partial charge in [0, 0.05) is 17.0 Å². The smallest absolute Gasteiger partial charge is 0.251 e. The summed E-state index contributed by atoms with van der Waals surface area (Å²) in [7, 11) is 0. The third-order valence-corrected chi connectivity index (χ3v) is 4.73. The number of furan rings is 1. The number of nitrogens with zero attached hydrogens (tertiary/aromatic N) is 3. The van der Waals surface area contributed by atoms with Crippen LogP contribution >= 0.6 is 11.7 Å². The Morgan fingerprint density at radius 1 is 1.00 bits per heavy atom. The number of para-hydroxylation sites is 1. The molecule has 0 radical (unpaired) electrons. The lowest BCUT2D eigenvalue weighted by atomic mass is 10.2. The van der Waals surface area contributed by atoms with Gasteiger partial charge in [-0.2, -0.15) is 8.75 Å². The van der Waals surface area contributed by atoms with E-state index < -0.39 is 0 Å². The third kappa shape index (κ3) is 2.96. The normalized spacial score (nSPS) is 11.3. The molecule has 0 aliphatic heterocycles. The van der Waals surface area contributed by atoms with Gasteiger partial charge in [-0.05, 0) is 30.3 Å². The second-order valence-electron chi connectivity index (χ2n) is 5.98. The predicted octanol–water partition coefficient (Wildman–Crippen LogP) is 4.02. The Morgan fingerprint density at radius 3 is 2.81 bits per heavy atom. The molecule has 0 aliphatic carbocycles. The lowest BCUT2D eigenvalue weighted by Crippen LogP contribution is -2.22. The molecule has 5 aromatic rings. The Morgan fingerprint density at radius 2 is 1.89 bits per heavy atom. The van der Waals surface area contributed by atoms with Gasteiger partial charge in [0.1, 0.15) is 22.3 Å². The van der Waals surface area contributed by atoms with E-state index in [0.717, 1.165) is 28.2 Å². The first-order chi connectivity index (χ1) is 13.3. The monoisotopic (exact) mass is 376 g/mol. The molecule has 0 fully saturated rings. The highest BCUT2D eigenvalue weighted by Crippen LogP contribution is 2.28. The highest BCUT2D eigenvalue weighted by molar-refractivity contribution is 7.00. The van der Waals surface area contributed by atoms with Crippen molar-refractivity contribution in [3.05, 3.63) is 65.9 Å². The zero-order chi connectivity index (χ0) is 18.2. The van der Waals surface area contributed by atoms with Gasteiger partial charge in [0.25, 0.3) is 5.91 Å². The molecule has 0 unspecified atom stereocenters. The Hall–Kier alpha value is -3.52. The maximum atomic E-state index is 12.3. The molecule has 1 amide bonds. The average molecular weight is 376 g/mol. The van der Waals surface area contributed by atoms with Gasteiger partial charge in [-0.3, -0.25) is 4.79 Å². The summed E-state index contributed by atoms with van der Waals surface area (Å²) in [6.07, 6.45) is 0. The summed E-state index contributed by atoms with van der Waals surface area (Å²) >= 11 is 1.12. The molecule has 3 aromatic heterocycles. The van der Waals surface area contributed by atoms with Gasteiger partial charge >= 0.3 is 0 Å². The van der Waals surface area contributed by atoms with E-state index in [1.54, 1.807) is 24.3 Å². The van der Waals surface area contributed by atoms with Gasteiger partial charge in [0.05, 0.1) is 18.3 Å². The van der Waals surface area contributed by atoms with Gasteiger partial charge in [-0.25, -0.2) is 0 Å². The van der Waals surface area contributed by atoms with Crippen LogP contribution in [0.15, 0.2) is 63.5 Å². The molecule has 0 saturated carbocycles. The van der Waals surface area contributed by atoms with Gasteiger partial charge in [-0.1, -0.05) is 23.4 Å². The van der Waals surface area contributed by atoms with Crippen molar-refractivity contribution in [3.8, 4) is 11.5 Å². The van der Waals surface area contributed by atoms with Gasteiger partial charge in [-0.15, -0.1) is 0 Å². The van der Waals surface area contributed by atoms with Crippen LogP contribution in [0, 0.1) is 0 Å². The van der Waals surface area contributed by atoms with Crippen LogP contribution in [0.4, 0.5) is 0 Å². The molecule has 0 aliphatic rings. The van der Waals surface area contributed by atoms with E-state index in [4.69, 9.17) is 8.94 Å². The summed E-state index contributed by atoms with van der Waals surface area (Å²) in [5, 5.41) is 7.82. The van der Waals surface area contributed by atoms with E-state index in [9.17, 15) is 4.79 Å². The quantitative estimate of drug-likeness (QED) is 0.509. The molecule has 0 spiro atoms. The Bertz CT molecular complexity index is 1240. The number of fused-ring (bicyclic) bond motifs is 2. The molecular formula is C19H12N4O3S. The van der Waals surface area contributed by atoms with Crippen LogP contribution < -0.4 is 5.32 Å². The number of carbonyl (C=O) groups is 1. The van der Waals surface area contributed by atoms with Crippen LogP contribution in [0.2, 0.25) is 0 Å². The lowest BCUT2D eigenvalue weighted by molar-refractivity contribution is 0.0950. The number of aromatic nitrogens is 3. The fourth-order valence-electron chi connectivity index (χ4n) is 2.81. The largest absolute Gasteiger partial charge is 0.453 e. The van der Waals surface area contributed by atoms with E-state index in [-0.39, 0.29) is 12.5 Å². The van der Waals surface area contributed by atoms with Gasteiger partial charge in [0.15, 0.2) is 5.76 Å². The fourth-order valence-corrected chi connectivity index (χ4v) is 3.33. The summed E-state index contributed by atoms with van der Waals surface area (Å²) in [5.74, 6) is 0.909. The molecule has 0 atom stereocenters. The number of nitrogens with one attached hydrogen (secondary N) is 1. The topological polar surface area (TPSA) is 94.1 Å². The molecule has 7 nitrogen and oxygen atoms in total. The van der Waals surface area contributed by atoms with Crippen molar-refractivity contribution in [2.45, 2.75) is 6.54 Å². The molecule has 5 rings (SSSR count). The lowest BCUT2D eigenvalue weighted by Gasteiger charge is -2.02. The molecule has 2 aromatic carbocycles. The molecule has 0 bridgehead atoms. The molecule has 0 saturated heterocycles. The Labute approximate surface area is 156 Å². The minimum absolute atomic E-state index is 0.210. The molecule has 132 valence electrons. The minimum atomic E-state index is -0.210. The highest BCUT2D eigenvalue weighted by atomic mass is 32.1. The van der Waals surface area contributed by atoms with E-state index >= 15 is 0 Å². The average Bonchev–Trinajstić information content (AvgIpc) is 3.43. The summed E-state index contributed by atoms with van der Waals surface area (Å²) in [4.78, 5) is 12.3. The summed E-state index contributed by atoms with van der Waals surface area (Å²) < 4.78 is 19.4. The molecular weight excluding hydrogens is 364 g/mol. The number of amides is 1. The van der Waals surface area contributed by atoms with E-state index in [0.29, 0.717) is 28.3 Å². The van der Waals surface area contributed by atoms with Crippen molar-refractivity contribution in [3.63, 3.8) is 0 Å². The molecule has 27 heavy (non-hydrogen) atoms. The van der Waals surface area contributed by atoms with Gasteiger partial charge in [0.2, 0.25) is 5.76 Å². The first-order valence-corrected chi connectivity index (χ1v) is 8.94. The standard InChI is InChI=1S/C19H12N4O3S/c24-19(12-5-6-14-15(7-12)23-27-22-14)20-10-13-9-18(26-21-13)17-8-11-3-1-2-4-16(11)25-17/h1-9H,10H2,(H,20,24). The van der Waals surface area contributed by atoms with Gasteiger partial charge < -0.3 is 14.3 Å².